The molecule has 1 saturated heterocycles. The Morgan fingerprint density at radius 3 is 2.02 bits per heavy atom. The van der Waals surface area contributed by atoms with Crippen LogP contribution in [-0.2, 0) is 26.3 Å². The van der Waals surface area contributed by atoms with Crippen molar-refractivity contribution >= 4 is 36.9 Å². The average Bonchev–Trinajstić information content (AvgIpc) is 3.70. The molecule has 0 N–H and O–H groups in total. The molecule has 6 fully saturated rings. The van der Waals surface area contributed by atoms with Crippen molar-refractivity contribution in [2.45, 2.75) is 145 Å². The van der Waals surface area contributed by atoms with E-state index in [-0.39, 0.29) is 20.3 Å². The summed E-state index contributed by atoms with van der Waals surface area (Å²) in [6, 6.07) is 10.2. The van der Waals surface area contributed by atoms with Gasteiger partial charge in [0.2, 0.25) is 0 Å². The first-order valence-electron chi connectivity index (χ1n) is 18.1. The number of benzene rings is 1. The third-order valence-corrected chi connectivity index (χ3v) is 22.1. The number of thioether (sulfide) groups is 1. The van der Waals surface area contributed by atoms with Crippen LogP contribution in [0.15, 0.2) is 24.3 Å². The zero-order valence-corrected chi connectivity index (χ0v) is 36.2. The first kappa shape index (κ1) is 39.0. The van der Waals surface area contributed by atoms with Gasteiger partial charge in [0.1, 0.15) is 0 Å². The molecular weight excluding hydrogens is 703 g/mol. The molecule has 14 unspecified atom stereocenters. The van der Waals surface area contributed by atoms with Crippen LogP contribution in [0.2, 0.25) is 24.2 Å². The van der Waals surface area contributed by atoms with Gasteiger partial charge in [-0.2, -0.15) is 11.8 Å². The van der Waals surface area contributed by atoms with Crippen LogP contribution in [0.3, 0.4) is 0 Å². The van der Waals surface area contributed by atoms with Crippen molar-refractivity contribution in [3.63, 3.8) is 0 Å². The van der Waals surface area contributed by atoms with Gasteiger partial charge in [-0.25, -0.2) is 0 Å². The Morgan fingerprint density at radius 1 is 0.756 bits per heavy atom. The summed E-state index contributed by atoms with van der Waals surface area (Å²) in [5, 5.41) is 2.00. The summed E-state index contributed by atoms with van der Waals surface area (Å²) in [5.41, 5.74) is 5.54. The Bertz CT molecular complexity index is 1100. The van der Waals surface area contributed by atoms with Crippen LogP contribution in [0, 0.1) is 68.1 Å². The number of hydrogen-bond acceptors (Lipinski definition) is 1. The summed E-state index contributed by atoms with van der Waals surface area (Å²) in [7, 11) is 8.38. The maximum atomic E-state index is 4.93. The van der Waals surface area contributed by atoms with Gasteiger partial charge >= 0.3 is 37.9 Å². The minimum atomic E-state index is -1.49. The summed E-state index contributed by atoms with van der Waals surface area (Å²) in [6.45, 7) is 21.1. The molecule has 1 aromatic rings. The standard InChI is InChI=1S/C38H60SSi.2CH3.2ClH.Zr/c1-22-20-30-31(21-26-12-11-14-28(26)34(30)25-16-18-27(19-17-25)38(4,5)6)36(22)40(7,8)37-24(3)23(2)33-29-13-9-10-15-32(29)39-35(33)37;;;;;/h16-19,22-24,26,28-37H,9-15,20-21H2,1-8H3;2*1H3;2*1H;/q;2*-1;;;+4/p-2. The average molecular weight is 769 g/mol. The van der Waals surface area contributed by atoms with Crippen LogP contribution in [0.4, 0.5) is 0 Å². The van der Waals surface area contributed by atoms with Gasteiger partial charge in [0, 0.05) is 10.5 Å². The van der Waals surface area contributed by atoms with Crippen molar-refractivity contribution in [3.8, 4) is 0 Å². The molecule has 1 aromatic carbocycles. The molecule has 0 radical (unpaired) electrons. The van der Waals surface area contributed by atoms with Gasteiger partial charge in [-0.05, 0) is 119 Å². The van der Waals surface area contributed by atoms with Gasteiger partial charge in [0.05, 0.1) is 8.07 Å². The van der Waals surface area contributed by atoms with Crippen LogP contribution in [0.1, 0.15) is 116 Å². The molecule has 7 rings (SSSR count). The second kappa shape index (κ2) is 15.2. The Morgan fingerprint density at radius 2 is 1.38 bits per heavy atom. The summed E-state index contributed by atoms with van der Waals surface area (Å²) in [6.07, 6.45) is 13.7. The molecule has 14 atom stereocenters. The van der Waals surface area contributed by atoms with Gasteiger partial charge in [-0.15, -0.1) is 0 Å². The van der Waals surface area contributed by atoms with E-state index in [2.05, 4.69) is 90.7 Å². The van der Waals surface area contributed by atoms with Crippen LogP contribution in [0.25, 0.3) is 0 Å². The van der Waals surface area contributed by atoms with Crippen LogP contribution < -0.4 is 0 Å². The zero-order valence-electron chi connectivity index (χ0n) is 30.4. The third kappa shape index (κ3) is 6.96. The fraction of sp³-hybridized carbons (Fsp3) is 0.800. The van der Waals surface area contributed by atoms with Crippen molar-refractivity contribution in [2.75, 3.05) is 0 Å². The molecule has 0 bridgehead atoms. The first-order valence-corrected chi connectivity index (χ1v) is 28.5. The van der Waals surface area contributed by atoms with E-state index >= 15 is 0 Å². The fourth-order valence-electron chi connectivity index (χ4n) is 13.2. The topological polar surface area (TPSA) is 0 Å². The Kier molecular flexibility index (Phi) is 13.2. The normalized spacial score (nSPS) is 43.3. The van der Waals surface area contributed by atoms with E-state index in [1.807, 2.05) is 0 Å². The molecule has 254 valence electrons. The van der Waals surface area contributed by atoms with Crippen LogP contribution in [-0.4, -0.2) is 18.6 Å². The van der Waals surface area contributed by atoms with Gasteiger partial charge in [-0.3, -0.25) is 0 Å². The zero-order chi connectivity index (χ0) is 30.8. The van der Waals surface area contributed by atoms with Crippen molar-refractivity contribution in [2.24, 2.45) is 53.3 Å². The van der Waals surface area contributed by atoms with Crippen LogP contribution >= 0.6 is 28.8 Å². The van der Waals surface area contributed by atoms with Crippen molar-refractivity contribution in [3.05, 3.63) is 50.2 Å². The van der Waals surface area contributed by atoms with E-state index in [1.54, 1.807) is 18.4 Å². The van der Waals surface area contributed by atoms with Crippen molar-refractivity contribution < 1.29 is 20.8 Å². The Balaban J connectivity index is 0.000000888. The van der Waals surface area contributed by atoms with Crippen molar-refractivity contribution in [1.82, 2.24) is 0 Å². The van der Waals surface area contributed by atoms with Gasteiger partial charge in [0.15, 0.2) is 0 Å². The molecule has 6 aliphatic rings. The maximum absolute atomic E-state index is 4.93. The van der Waals surface area contributed by atoms with Gasteiger partial charge in [0.25, 0.3) is 0 Å². The number of fused-ring (bicyclic) bond motifs is 5. The second-order valence-corrected chi connectivity index (χ2v) is 28.0. The van der Waals surface area contributed by atoms with E-state index in [0.29, 0.717) is 0 Å². The SMILES string of the molecule is CC1CC2C(CC3CCCC3C2c2ccc(C(C)(C)C)cc2)C1[Si](C)(C)C1C(C)C(C)C2C3CCCCC3SC21.[CH3-].[CH3-].[Cl][Zr+2][Cl]. The number of rotatable bonds is 3. The molecule has 5 aliphatic carbocycles. The van der Waals surface area contributed by atoms with Crippen LogP contribution in [0.5, 0.6) is 0 Å². The molecule has 0 amide bonds. The summed E-state index contributed by atoms with van der Waals surface area (Å²) in [5.74, 6) is 9.65. The third-order valence-electron chi connectivity index (χ3n) is 14.7. The molecule has 0 spiro atoms. The molecule has 1 heterocycles. The summed E-state index contributed by atoms with van der Waals surface area (Å²) < 4.78 is 0. The molecule has 0 aromatic heterocycles. The fourth-order valence-corrected chi connectivity index (χ4v) is 23.1. The Labute approximate surface area is 304 Å². The van der Waals surface area contributed by atoms with E-state index in [0.717, 1.165) is 80.8 Å². The molecular formula is C40H66Cl2SSiZr. The van der Waals surface area contributed by atoms with Gasteiger partial charge in [-0.1, -0.05) is 105 Å². The molecule has 1 aliphatic heterocycles. The summed E-state index contributed by atoms with van der Waals surface area (Å²) in [4.78, 5) is 0. The van der Waals surface area contributed by atoms with Gasteiger partial charge < -0.3 is 14.9 Å². The predicted octanol–water partition coefficient (Wildman–Crippen LogP) is 13.5. The monoisotopic (exact) mass is 766 g/mol. The molecule has 5 heteroatoms. The van der Waals surface area contributed by atoms with E-state index in [4.69, 9.17) is 17.0 Å². The van der Waals surface area contributed by atoms with E-state index < -0.39 is 28.9 Å². The van der Waals surface area contributed by atoms with E-state index in [9.17, 15) is 0 Å². The summed E-state index contributed by atoms with van der Waals surface area (Å²) >= 11 is 1.72. The van der Waals surface area contributed by atoms with E-state index in [1.165, 1.54) is 50.5 Å². The molecule has 0 nitrogen and oxygen atoms in total. The number of hydrogen-bond donors (Lipinski definition) is 0. The van der Waals surface area contributed by atoms with Crippen molar-refractivity contribution in [1.29, 1.82) is 0 Å². The molecule has 45 heavy (non-hydrogen) atoms. The first-order chi connectivity index (χ1) is 20.4. The number of halogens is 2. The predicted molar refractivity (Wildman–Crippen MR) is 203 cm³/mol. The Hall–Kier alpha value is 1.25. The second-order valence-electron chi connectivity index (χ2n) is 17.9. The quantitative estimate of drug-likeness (QED) is 0.218. The minimum absolute atomic E-state index is 0. The molecule has 5 saturated carbocycles.